The summed E-state index contributed by atoms with van der Waals surface area (Å²) in [5, 5.41) is 11.5. The fourth-order valence-electron chi connectivity index (χ4n) is 2.34. The molecule has 7 heteroatoms. The monoisotopic (exact) mass is 371 g/mol. The van der Waals surface area contributed by atoms with Crippen LogP contribution in [0, 0.1) is 0 Å². The number of carbonyl (C=O) groups excluding carboxylic acids is 1. The molecule has 0 aliphatic carbocycles. The molecule has 134 valence electrons. The summed E-state index contributed by atoms with van der Waals surface area (Å²) >= 11 is 5.84. The maximum absolute atomic E-state index is 12.0. The average molecular weight is 372 g/mol. The Morgan fingerprint density at radius 3 is 2.77 bits per heavy atom. The van der Waals surface area contributed by atoms with Gasteiger partial charge in [0.2, 0.25) is 17.7 Å². The van der Waals surface area contributed by atoms with E-state index in [0.29, 0.717) is 35.5 Å². The molecule has 1 amide bonds. The maximum atomic E-state index is 12.0. The lowest BCUT2D eigenvalue weighted by Gasteiger charge is -2.04. The SMILES string of the molecule is COc1cccc(-c2nnc(CCC(=O)NCc3ccc(Cl)cc3)o2)c1. The molecular weight excluding hydrogens is 354 g/mol. The molecule has 0 radical (unpaired) electrons. The molecule has 2 aromatic carbocycles. The van der Waals surface area contributed by atoms with E-state index in [2.05, 4.69) is 15.5 Å². The second-order valence-electron chi connectivity index (χ2n) is 5.64. The molecule has 0 fully saturated rings. The van der Waals surface area contributed by atoms with Gasteiger partial charge in [-0.1, -0.05) is 29.8 Å². The van der Waals surface area contributed by atoms with Gasteiger partial charge in [0, 0.05) is 30.0 Å². The Morgan fingerprint density at radius 1 is 1.19 bits per heavy atom. The first-order valence-electron chi connectivity index (χ1n) is 8.12. The number of nitrogens with one attached hydrogen (secondary N) is 1. The van der Waals surface area contributed by atoms with E-state index in [-0.39, 0.29) is 12.3 Å². The molecule has 1 N–H and O–H groups in total. The van der Waals surface area contributed by atoms with Crippen LogP contribution < -0.4 is 10.1 Å². The van der Waals surface area contributed by atoms with E-state index >= 15 is 0 Å². The molecule has 0 saturated carbocycles. The second-order valence-corrected chi connectivity index (χ2v) is 6.07. The van der Waals surface area contributed by atoms with Crippen LogP contribution in [0.25, 0.3) is 11.5 Å². The molecule has 1 heterocycles. The number of hydrogen-bond acceptors (Lipinski definition) is 5. The van der Waals surface area contributed by atoms with E-state index in [1.165, 1.54) is 0 Å². The van der Waals surface area contributed by atoms with Crippen LogP contribution in [-0.4, -0.2) is 23.2 Å². The van der Waals surface area contributed by atoms with Crippen LogP contribution in [0.2, 0.25) is 5.02 Å². The van der Waals surface area contributed by atoms with Crippen LogP contribution in [0.3, 0.4) is 0 Å². The van der Waals surface area contributed by atoms with Crippen LogP contribution in [0.1, 0.15) is 17.9 Å². The Morgan fingerprint density at radius 2 is 2.00 bits per heavy atom. The van der Waals surface area contributed by atoms with Gasteiger partial charge in [0.1, 0.15) is 5.75 Å². The van der Waals surface area contributed by atoms with Crippen LogP contribution >= 0.6 is 11.6 Å². The average Bonchev–Trinajstić information content (AvgIpc) is 3.15. The van der Waals surface area contributed by atoms with E-state index in [9.17, 15) is 4.79 Å². The molecule has 6 nitrogen and oxygen atoms in total. The zero-order valence-corrected chi connectivity index (χ0v) is 15.0. The molecule has 0 spiro atoms. The number of amides is 1. The Balaban J connectivity index is 1.51. The van der Waals surface area contributed by atoms with Gasteiger partial charge in [-0.05, 0) is 35.9 Å². The molecule has 0 aliphatic heterocycles. The van der Waals surface area contributed by atoms with Gasteiger partial charge in [0.25, 0.3) is 0 Å². The number of hydrogen-bond donors (Lipinski definition) is 1. The number of benzene rings is 2. The minimum atomic E-state index is -0.0823. The van der Waals surface area contributed by atoms with Crippen LogP contribution in [0.5, 0.6) is 5.75 Å². The molecule has 0 aliphatic rings. The molecule has 1 aromatic heterocycles. The topological polar surface area (TPSA) is 77.2 Å². The zero-order valence-electron chi connectivity index (χ0n) is 14.2. The van der Waals surface area contributed by atoms with Gasteiger partial charge in [-0.2, -0.15) is 0 Å². The summed E-state index contributed by atoms with van der Waals surface area (Å²) in [5.74, 6) is 1.45. The quantitative estimate of drug-likeness (QED) is 0.686. The third-order valence-electron chi connectivity index (χ3n) is 3.75. The summed E-state index contributed by atoms with van der Waals surface area (Å²) in [6, 6.07) is 14.7. The van der Waals surface area contributed by atoms with E-state index in [1.54, 1.807) is 19.2 Å². The highest BCUT2D eigenvalue weighted by molar-refractivity contribution is 6.30. The number of methoxy groups -OCH3 is 1. The number of ether oxygens (including phenoxy) is 1. The molecule has 3 aromatic rings. The van der Waals surface area contributed by atoms with E-state index in [1.807, 2.05) is 36.4 Å². The standard InChI is InChI=1S/C19H18ClN3O3/c1-25-16-4-2-3-14(11-16)19-23-22-18(26-19)10-9-17(24)21-12-13-5-7-15(20)8-6-13/h2-8,11H,9-10,12H2,1H3,(H,21,24). The number of aromatic nitrogens is 2. The Kier molecular flexibility index (Phi) is 5.86. The Labute approximate surface area is 156 Å². The van der Waals surface area contributed by atoms with Gasteiger partial charge < -0.3 is 14.5 Å². The summed E-state index contributed by atoms with van der Waals surface area (Å²) in [6.45, 7) is 0.453. The molecular formula is C19H18ClN3O3. The number of nitrogens with zero attached hydrogens (tertiary/aromatic N) is 2. The fourth-order valence-corrected chi connectivity index (χ4v) is 2.47. The number of carbonyl (C=O) groups is 1. The molecule has 0 atom stereocenters. The van der Waals surface area contributed by atoms with Gasteiger partial charge in [-0.15, -0.1) is 10.2 Å². The van der Waals surface area contributed by atoms with E-state index < -0.39 is 0 Å². The molecule has 0 bridgehead atoms. The van der Waals surface area contributed by atoms with Gasteiger partial charge in [0.05, 0.1) is 7.11 Å². The number of aryl methyl sites for hydroxylation is 1. The summed E-state index contributed by atoms with van der Waals surface area (Å²) in [6.07, 6.45) is 0.650. The van der Waals surface area contributed by atoms with Gasteiger partial charge in [-0.3, -0.25) is 4.79 Å². The third-order valence-corrected chi connectivity index (χ3v) is 4.00. The first-order chi connectivity index (χ1) is 12.6. The first kappa shape index (κ1) is 17.9. The first-order valence-corrected chi connectivity index (χ1v) is 8.50. The van der Waals surface area contributed by atoms with Crippen molar-refractivity contribution in [2.24, 2.45) is 0 Å². The largest absolute Gasteiger partial charge is 0.497 e. The number of halogens is 1. The lowest BCUT2D eigenvalue weighted by atomic mass is 10.2. The van der Waals surface area contributed by atoms with Crippen molar-refractivity contribution in [1.82, 2.24) is 15.5 Å². The van der Waals surface area contributed by atoms with E-state index in [0.717, 1.165) is 11.1 Å². The smallest absolute Gasteiger partial charge is 0.247 e. The second kappa shape index (κ2) is 8.49. The summed E-state index contributed by atoms with van der Waals surface area (Å²) in [4.78, 5) is 12.0. The molecule has 3 rings (SSSR count). The van der Waals surface area contributed by atoms with Gasteiger partial charge >= 0.3 is 0 Å². The third kappa shape index (κ3) is 4.83. The van der Waals surface area contributed by atoms with Crippen molar-refractivity contribution >= 4 is 17.5 Å². The predicted octanol–water partition coefficient (Wildman–Crippen LogP) is 3.65. The van der Waals surface area contributed by atoms with Gasteiger partial charge in [0.15, 0.2) is 0 Å². The summed E-state index contributed by atoms with van der Waals surface area (Å²) in [5.41, 5.74) is 1.76. The Bertz CT molecular complexity index is 878. The lowest BCUT2D eigenvalue weighted by Crippen LogP contribution is -2.23. The molecule has 0 saturated heterocycles. The summed E-state index contributed by atoms with van der Waals surface area (Å²) in [7, 11) is 1.60. The van der Waals surface area contributed by atoms with Crippen molar-refractivity contribution < 1.29 is 13.9 Å². The van der Waals surface area contributed by atoms with Crippen LogP contribution in [0.4, 0.5) is 0 Å². The fraction of sp³-hybridized carbons (Fsp3) is 0.211. The van der Waals surface area contributed by atoms with Crippen molar-refractivity contribution in [3.63, 3.8) is 0 Å². The van der Waals surface area contributed by atoms with E-state index in [4.69, 9.17) is 20.8 Å². The van der Waals surface area contributed by atoms with Crippen molar-refractivity contribution in [2.45, 2.75) is 19.4 Å². The maximum Gasteiger partial charge on any atom is 0.247 e. The minimum absolute atomic E-state index is 0.0823. The Hall–Kier alpha value is -2.86. The molecule has 0 unspecified atom stereocenters. The normalized spacial score (nSPS) is 10.5. The lowest BCUT2D eigenvalue weighted by molar-refractivity contribution is -0.121. The van der Waals surface area contributed by atoms with Crippen LogP contribution in [-0.2, 0) is 17.8 Å². The highest BCUT2D eigenvalue weighted by atomic mass is 35.5. The minimum Gasteiger partial charge on any atom is -0.497 e. The van der Waals surface area contributed by atoms with Crippen LogP contribution in [0.15, 0.2) is 52.9 Å². The van der Waals surface area contributed by atoms with Crippen molar-refractivity contribution in [2.75, 3.05) is 7.11 Å². The highest BCUT2D eigenvalue weighted by Crippen LogP contribution is 2.22. The van der Waals surface area contributed by atoms with Crippen molar-refractivity contribution in [3.8, 4) is 17.2 Å². The number of rotatable bonds is 7. The van der Waals surface area contributed by atoms with Crippen molar-refractivity contribution in [3.05, 3.63) is 65.0 Å². The van der Waals surface area contributed by atoms with Gasteiger partial charge in [-0.25, -0.2) is 0 Å². The summed E-state index contributed by atoms with van der Waals surface area (Å²) < 4.78 is 10.8. The van der Waals surface area contributed by atoms with Crippen molar-refractivity contribution in [1.29, 1.82) is 0 Å². The predicted molar refractivity (Wildman–Crippen MR) is 97.9 cm³/mol. The zero-order chi connectivity index (χ0) is 18.4. The highest BCUT2D eigenvalue weighted by Gasteiger charge is 2.11. The molecule has 26 heavy (non-hydrogen) atoms.